The molecule has 0 amide bonds. The van der Waals surface area contributed by atoms with Crippen LogP contribution in [0.5, 0.6) is 5.88 Å². The van der Waals surface area contributed by atoms with Gasteiger partial charge in [0.15, 0.2) is 0 Å². The van der Waals surface area contributed by atoms with Crippen LogP contribution in [0.2, 0.25) is 10.0 Å². The lowest BCUT2D eigenvalue weighted by Gasteiger charge is -2.21. The monoisotopic (exact) mass is 381 g/mol. The zero-order valence-electron chi connectivity index (χ0n) is 14.7. The molecule has 0 spiro atoms. The third kappa shape index (κ3) is 3.54. The summed E-state index contributed by atoms with van der Waals surface area (Å²) in [5.41, 5.74) is 1.70. The Labute approximate surface area is 157 Å². The van der Waals surface area contributed by atoms with Crippen molar-refractivity contribution in [3.05, 3.63) is 39.6 Å². The SMILES string of the molecule is CCC(C)OC1CN(c2ccc(Cl)cc2Cl)c2nc(C)nc(OC)c21. The number of halogens is 2. The van der Waals surface area contributed by atoms with Crippen LogP contribution in [0.15, 0.2) is 18.2 Å². The fourth-order valence-electron chi connectivity index (χ4n) is 2.93. The molecule has 5 nitrogen and oxygen atoms in total. The summed E-state index contributed by atoms with van der Waals surface area (Å²) in [6, 6.07) is 5.44. The molecule has 0 bridgehead atoms. The van der Waals surface area contributed by atoms with Gasteiger partial charge in [-0.05, 0) is 38.5 Å². The molecular weight excluding hydrogens is 361 g/mol. The molecule has 134 valence electrons. The third-order valence-corrected chi connectivity index (χ3v) is 4.83. The van der Waals surface area contributed by atoms with Gasteiger partial charge in [-0.15, -0.1) is 0 Å². The van der Waals surface area contributed by atoms with Crippen LogP contribution >= 0.6 is 23.2 Å². The lowest BCUT2D eigenvalue weighted by Crippen LogP contribution is -2.20. The highest BCUT2D eigenvalue weighted by molar-refractivity contribution is 6.36. The Morgan fingerprint density at radius 2 is 2.08 bits per heavy atom. The molecule has 0 radical (unpaired) electrons. The van der Waals surface area contributed by atoms with Crippen LogP contribution in [0, 0.1) is 6.92 Å². The number of hydrogen-bond donors (Lipinski definition) is 0. The van der Waals surface area contributed by atoms with Gasteiger partial charge in [0, 0.05) is 5.02 Å². The number of ether oxygens (including phenoxy) is 2. The van der Waals surface area contributed by atoms with Gasteiger partial charge in [0.1, 0.15) is 17.7 Å². The molecule has 3 rings (SSSR count). The van der Waals surface area contributed by atoms with Crippen molar-refractivity contribution in [3.8, 4) is 5.88 Å². The summed E-state index contributed by atoms with van der Waals surface area (Å²) < 4.78 is 11.7. The van der Waals surface area contributed by atoms with Crippen LogP contribution in [-0.2, 0) is 4.74 Å². The van der Waals surface area contributed by atoms with Crippen molar-refractivity contribution in [2.24, 2.45) is 0 Å². The van der Waals surface area contributed by atoms with E-state index in [9.17, 15) is 0 Å². The van der Waals surface area contributed by atoms with Gasteiger partial charge in [-0.1, -0.05) is 30.1 Å². The number of nitrogens with zero attached hydrogens (tertiary/aromatic N) is 3. The Morgan fingerprint density at radius 3 is 2.72 bits per heavy atom. The van der Waals surface area contributed by atoms with Crippen LogP contribution in [-0.4, -0.2) is 29.7 Å². The average molecular weight is 382 g/mol. The minimum Gasteiger partial charge on any atom is -0.481 e. The molecule has 1 aromatic heterocycles. The number of methoxy groups -OCH3 is 1. The van der Waals surface area contributed by atoms with Crippen LogP contribution in [0.4, 0.5) is 11.5 Å². The summed E-state index contributed by atoms with van der Waals surface area (Å²) in [4.78, 5) is 11.1. The summed E-state index contributed by atoms with van der Waals surface area (Å²) in [5.74, 6) is 1.94. The van der Waals surface area contributed by atoms with Crippen molar-refractivity contribution in [1.82, 2.24) is 9.97 Å². The lowest BCUT2D eigenvalue weighted by molar-refractivity contribution is 0.00331. The van der Waals surface area contributed by atoms with Gasteiger partial charge >= 0.3 is 0 Å². The first-order valence-electron chi connectivity index (χ1n) is 8.25. The Balaban J connectivity index is 2.10. The van der Waals surface area contributed by atoms with Crippen LogP contribution in [0.25, 0.3) is 0 Å². The molecular formula is C18H21Cl2N3O2. The highest BCUT2D eigenvalue weighted by Gasteiger charge is 2.37. The Morgan fingerprint density at radius 1 is 1.32 bits per heavy atom. The van der Waals surface area contributed by atoms with Gasteiger partial charge in [0.25, 0.3) is 0 Å². The summed E-state index contributed by atoms with van der Waals surface area (Å²) in [5, 5.41) is 1.16. The first kappa shape index (κ1) is 18.2. The number of fused-ring (bicyclic) bond motifs is 1. The van der Waals surface area contributed by atoms with Gasteiger partial charge in [-0.2, -0.15) is 4.98 Å². The van der Waals surface area contributed by atoms with E-state index in [1.54, 1.807) is 13.2 Å². The van der Waals surface area contributed by atoms with E-state index in [0.29, 0.717) is 28.3 Å². The molecule has 1 aliphatic heterocycles. The van der Waals surface area contributed by atoms with Gasteiger partial charge in [0.05, 0.1) is 36.0 Å². The fourth-order valence-corrected chi connectivity index (χ4v) is 3.44. The maximum atomic E-state index is 6.43. The van der Waals surface area contributed by atoms with Gasteiger partial charge in [-0.25, -0.2) is 4.98 Å². The first-order valence-corrected chi connectivity index (χ1v) is 9.00. The predicted molar refractivity (Wildman–Crippen MR) is 100 cm³/mol. The van der Waals surface area contributed by atoms with E-state index >= 15 is 0 Å². The second-order valence-electron chi connectivity index (χ2n) is 6.07. The minimum absolute atomic E-state index is 0.115. The number of hydrogen-bond acceptors (Lipinski definition) is 5. The fraction of sp³-hybridized carbons (Fsp3) is 0.444. The molecule has 2 aromatic rings. The van der Waals surface area contributed by atoms with E-state index in [2.05, 4.69) is 23.8 Å². The third-order valence-electron chi connectivity index (χ3n) is 4.29. The van der Waals surface area contributed by atoms with E-state index in [4.69, 9.17) is 32.7 Å². The smallest absolute Gasteiger partial charge is 0.224 e. The summed E-state index contributed by atoms with van der Waals surface area (Å²) in [7, 11) is 1.61. The molecule has 25 heavy (non-hydrogen) atoms. The minimum atomic E-state index is -0.188. The van der Waals surface area contributed by atoms with Gasteiger partial charge in [0.2, 0.25) is 5.88 Å². The molecule has 0 fully saturated rings. The standard InChI is InChI=1S/C18H21Cl2N3O2/c1-5-10(2)25-15-9-23(14-7-6-12(19)8-13(14)20)17-16(15)18(24-4)22-11(3)21-17/h6-8,10,15H,5,9H2,1-4H3. The Bertz CT molecular complexity index is 785. The number of anilines is 2. The average Bonchev–Trinajstić information content (AvgIpc) is 2.92. The second kappa shape index (κ2) is 7.36. The Kier molecular flexibility index (Phi) is 5.37. The van der Waals surface area contributed by atoms with Crippen molar-refractivity contribution in [1.29, 1.82) is 0 Å². The molecule has 0 aliphatic carbocycles. The zero-order valence-corrected chi connectivity index (χ0v) is 16.2. The number of rotatable bonds is 5. The molecule has 0 saturated heterocycles. The first-order chi connectivity index (χ1) is 11.9. The molecule has 2 heterocycles. The van der Waals surface area contributed by atoms with Crippen LogP contribution in [0.3, 0.4) is 0 Å². The quantitative estimate of drug-likeness (QED) is 0.719. The number of aromatic nitrogens is 2. The van der Waals surface area contributed by atoms with Crippen LogP contribution in [0.1, 0.15) is 37.8 Å². The van der Waals surface area contributed by atoms with Gasteiger partial charge < -0.3 is 14.4 Å². The highest BCUT2D eigenvalue weighted by atomic mass is 35.5. The zero-order chi connectivity index (χ0) is 18.1. The molecule has 0 saturated carbocycles. The summed E-state index contributed by atoms with van der Waals surface area (Å²) in [6.07, 6.45) is 0.847. The van der Waals surface area contributed by atoms with E-state index in [1.807, 2.05) is 24.0 Å². The molecule has 1 aliphatic rings. The molecule has 0 N–H and O–H groups in total. The van der Waals surface area contributed by atoms with Crippen molar-refractivity contribution in [2.45, 2.75) is 39.4 Å². The summed E-state index contributed by atoms with van der Waals surface area (Å²) >= 11 is 12.5. The second-order valence-corrected chi connectivity index (χ2v) is 6.91. The van der Waals surface area contributed by atoms with Crippen LogP contribution < -0.4 is 9.64 Å². The lowest BCUT2D eigenvalue weighted by atomic mass is 10.2. The van der Waals surface area contributed by atoms with Gasteiger partial charge in [-0.3, -0.25) is 0 Å². The van der Waals surface area contributed by atoms with E-state index < -0.39 is 0 Å². The van der Waals surface area contributed by atoms with Crippen molar-refractivity contribution in [2.75, 3.05) is 18.6 Å². The highest BCUT2D eigenvalue weighted by Crippen LogP contribution is 2.46. The number of benzene rings is 1. The van der Waals surface area contributed by atoms with E-state index in [-0.39, 0.29) is 12.2 Å². The molecule has 7 heteroatoms. The predicted octanol–water partition coefficient (Wildman–Crippen LogP) is 5.11. The Hall–Kier alpha value is -1.56. The van der Waals surface area contributed by atoms with Crippen molar-refractivity contribution in [3.63, 3.8) is 0 Å². The van der Waals surface area contributed by atoms with Crippen molar-refractivity contribution < 1.29 is 9.47 Å². The molecule has 2 unspecified atom stereocenters. The topological polar surface area (TPSA) is 47.5 Å². The van der Waals surface area contributed by atoms with E-state index in [0.717, 1.165) is 23.5 Å². The molecule has 2 atom stereocenters. The normalized spacial score (nSPS) is 17.5. The number of aryl methyl sites for hydroxylation is 1. The maximum Gasteiger partial charge on any atom is 0.224 e. The summed E-state index contributed by atoms with van der Waals surface area (Å²) in [6.45, 7) is 6.58. The van der Waals surface area contributed by atoms with E-state index in [1.165, 1.54) is 0 Å². The van der Waals surface area contributed by atoms with Crippen molar-refractivity contribution >= 4 is 34.7 Å². The maximum absolute atomic E-state index is 6.43. The molecule has 1 aromatic carbocycles. The largest absolute Gasteiger partial charge is 0.481 e.